The van der Waals surface area contributed by atoms with Crippen LogP contribution in [0.1, 0.15) is 44.9 Å². The molecular weight excluding hydrogens is 120 g/mol. The van der Waals surface area contributed by atoms with Crippen molar-refractivity contribution in [1.29, 1.82) is 0 Å². The molecule has 0 heterocycles. The van der Waals surface area contributed by atoms with Crippen molar-refractivity contribution in [3.8, 4) is 0 Å². The Morgan fingerprint density at radius 2 is 1.60 bits per heavy atom. The van der Waals surface area contributed by atoms with Crippen LogP contribution in [0, 0.1) is 6.92 Å². The van der Waals surface area contributed by atoms with E-state index in [2.05, 4.69) is 6.58 Å². The highest BCUT2D eigenvalue weighted by molar-refractivity contribution is 4.65. The number of rotatable bonds is 7. The van der Waals surface area contributed by atoms with Gasteiger partial charge in [-0.3, -0.25) is 0 Å². The van der Waals surface area contributed by atoms with E-state index in [-0.39, 0.29) is 0 Å². The molecule has 0 aliphatic carbocycles. The minimum absolute atomic E-state index is 0.849. The zero-order valence-corrected chi connectivity index (χ0v) is 6.81. The Bertz CT molecular complexity index is 64.4. The van der Waals surface area contributed by atoms with Crippen molar-refractivity contribution in [2.45, 2.75) is 44.9 Å². The van der Waals surface area contributed by atoms with Crippen LogP contribution < -0.4 is 0 Å². The zero-order chi connectivity index (χ0) is 7.66. The fourth-order valence-electron chi connectivity index (χ4n) is 0.963. The smallest absolute Gasteiger partial charge is 0.0352 e. The summed E-state index contributed by atoms with van der Waals surface area (Å²) in [5.74, 6) is 0. The average Bonchev–Trinajstić information content (AvgIpc) is 1.97. The predicted molar refractivity (Wildman–Crippen MR) is 46.8 cm³/mol. The molecule has 2 radical (unpaired) electrons. The molecule has 0 rings (SSSR count). The van der Waals surface area contributed by atoms with E-state index in [9.17, 15) is 0 Å². The summed E-state index contributed by atoms with van der Waals surface area (Å²) in [7, 11) is 0. The molecule has 0 nitrogen and oxygen atoms in total. The summed E-state index contributed by atoms with van der Waals surface area (Å²) in [4.78, 5) is 0. The summed E-state index contributed by atoms with van der Waals surface area (Å²) in [6, 6.07) is 0. The Hall–Kier alpha value is -0.260. The van der Waals surface area contributed by atoms with E-state index >= 15 is 0 Å². The summed E-state index contributed by atoms with van der Waals surface area (Å²) in [5, 5.41) is 0. The lowest BCUT2D eigenvalue weighted by Gasteiger charge is -1.96. The third-order valence-corrected chi connectivity index (χ3v) is 1.61. The Kier molecular flexibility index (Phi) is 8.51. The molecule has 0 bridgehead atoms. The largest absolute Gasteiger partial charge is 0.103 e. The van der Waals surface area contributed by atoms with Gasteiger partial charge in [0, 0.05) is 0 Å². The van der Waals surface area contributed by atoms with Crippen LogP contribution in [0.3, 0.4) is 0 Å². The number of hydrogen-bond acceptors (Lipinski definition) is 0. The molecule has 0 spiro atoms. The maximum Gasteiger partial charge on any atom is -0.0352 e. The van der Waals surface area contributed by atoms with E-state index in [1.165, 1.54) is 38.5 Å². The second-order valence-electron chi connectivity index (χ2n) is 2.63. The molecule has 0 unspecified atom stereocenters. The predicted octanol–water partition coefficient (Wildman–Crippen LogP) is 3.61. The van der Waals surface area contributed by atoms with E-state index in [4.69, 9.17) is 6.92 Å². The first-order valence-electron chi connectivity index (χ1n) is 4.22. The van der Waals surface area contributed by atoms with Crippen LogP contribution in [0.5, 0.6) is 0 Å². The second kappa shape index (κ2) is 8.74. The molecule has 58 valence electrons. The lowest BCUT2D eigenvalue weighted by atomic mass is 10.1. The van der Waals surface area contributed by atoms with Crippen LogP contribution in [-0.2, 0) is 0 Å². The van der Waals surface area contributed by atoms with Crippen molar-refractivity contribution in [3.05, 3.63) is 19.6 Å². The van der Waals surface area contributed by atoms with Crippen LogP contribution in [0.15, 0.2) is 12.7 Å². The topological polar surface area (TPSA) is 0 Å². The first-order valence-corrected chi connectivity index (χ1v) is 4.22. The van der Waals surface area contributed by atoms with E-state index < -0.39 is 0 Å². The highest BCUT2D eigenvalue weighted by Crippen LogP contribution is 2.06. The lowest BCUT2D eigenvalue weighted by Crippen LogP contribution is -1.76. The van der Waals surface area contributed by atoms with E-state index in [1.807, 2.05) is 6.08 Å². The van der Waals surface area contributed by atoms with Gasteiger partial charge < -0.3 is 0 Å². The maximum atomic E-state index is 5.35. The van der Waals surface area contributed by atoms with Gasteiger partial charge in [-0.05, 0) is 26.2 Å². The normalized spacial score (nSPS) is 9.70. The molecule has 0 saturated carbocycles. The standard InChI is InChI=1S/C10H18/c1-3-5-7-9-10-8-6-4-2/h1,4H,2-3,5-10H2. The van der Waals surface area contributed by atoms with Crippen LogP contribution in [0.2, 0.25) is 0 Å². The molecule has 0 aromatic heterocycles. The Balaban J connectivity index is 2.70. The first-order chi connectivity index (χ1) is 4.91. The summed E-state index contributed by atoms with van der Waals surface area (Å²) in [5.41, 5.74) is 0. The van der Waals surface area contributed by atoms with Crippen molar-refractivity contribution in [3.63, 3.8) is 0 Å². The van der Waals surface area contributed by atoms with Crippen LogP contribution in [0.25, 0.3) is 0 Å². The SMILES string of the molecule is [CH]CCCCCCCC=C. The minimum Gasteiger partial charge on any atom is -0.103 e. The van der Waals surface area contributed by atoms with Crippen LogP contribution in [-0.4, -0.2) is 0 Å². The third-order valence-electron chi connectivity index (χ3n) is 1.61. The molecule has 0 fully saturated rings. The van der Waals surface area contributed by atoms with Gasteiger partial charge in [-0.1, -0.05) is 31.8 Å². The third kappa shape index (κ3) is 7.74. The van der Waals surface area contributed by atoms with Gasteiger partial charge in [-0.25, -0.2) is 0 Å². The minimum atomic E-state index is 0.849. The molecular formula is C10H18. The average molecular weight is 138 g/mol. The Morgan fingerprint density at radius 3 is 2.20 bits per heavy atom. The molecule has 0 atom stereocenters. The van der Waals surface area contributed by atoms with Gasteiger partial charge in [0.05, 0.1) is 0 Å². The molecule has 0 saturated heterocycles. The van der Waals surface area contributed by atoms with Gasteiger partial charge in [0.1, 0.15) is 0 Å². The maximum absolute atomic E-state index is 5.35. The molecule has 0 aliphatic heterocycles. The van der Waals surface area contributed by atoms with Gasteiger partial charge in [0.15, 0.2) is 0 Å². The lowest BCUT2D eigenvalue weighted by molar-refractivity contribution is 0.621. The number of hydrogen-bond donors (Lipinski definition) is 0. The highest BCUT2D eigenvalue weighted by atomic mass is 13.9. The first kappa shape index (κ1) is 9.74. The molecule has 0 aromatic carbocycles. The number of allylic oxidation sites excluding steroid dienone is 1. The second-order valence-corrected chi connectivity index (χ2v) is 2.63. The summed E-state index contributed by atoms with van der Waals surface area (Å²) in [6.07, 6.45) is 10.5. The quantitative estimate of drug-likeness (QED) is 0.372. The fourth-order valence-corrected chi connectivity index (χ4v) is 0.963. The van der Waals surface area contributed by atoms with Gasteiger partial charge in [0.2, 0.25) is 0 Å². The zero-order valence-electron chi connectivity index (χ0n) is 6.81. The van der Waals surface area contributed by atoms with Crippen molar-refractivity contribution in [2.24, 2.45) is 0 Å². The molecule has 0 aromatic rings. The van der Waals surface area contributed by atoms with E-state index in [0.717, 1.165) is 6.42 Å². The van der Waals surface area contributed by atoms with Crippen molar-refractivity contribution in [2.75, 3.05) is 0 Å². The van der Waals surface area contributed by atoms with Gasteiger partial charge in [0.25, 0.3) is 0 Å². The summed E-state index contributed by atoms with van der Waals surface area (Å²) in [6.45, 7) is 9.03. The molecule has 0 amide bonds. The van der Waals surface area contributed by atoms with Crippen molar-refractivity contribution < 1.29 is 0 Å². The van der Waals surface area contributed by atoms with Crippen molar-refractivity contribution >= 4 is 0 Å². The summed E-state index contributed by atoms with van der Waals surface area (Å²) >= 11 is 0. The van der Waals surface area contributed by atoms with E-state index in [1.54, 1.807) is 0 Å². The molecule has 10 heavy (non-hydrogen) atoms. The van der Waals surface area contributed by atoms with Gasteiger partial charge >= 0.3 is 0 Å². The fraction of sp³-hybridized carbons (Fsp3) is 0.700. The van der Waals surface area contributed by atoms with E-state index in [0.29, 0.717) is 0 Å². The molecule has 0 aliphatic rings. The molecule has 0 heteroatoms. The number of unbranched alkanes of at least 4 members (excludes halogenated alkanes) is 6. The summed E-state index contributed by atoms with van der Waals surface area (Å²) < 4.78 is 0. The Morgan fingerprint density at radius 1 is 1.00 bits per heavy atom. The highest BCUT2D eigenvalue weighted by Gasteiger charge is 1.86. The molecule has 0 N–H and O–H groups in total. The van der Waals surface area contributed by atoms with Crippen LogP contribution in [0.4, 0.5) is 0 Å². The van der Waals surface area contributed by atoms with Gasteiger partial charge in [-0.2, -0.15) is 0 Å². The van der Waals surface area contributed by atoms with Gasteiger partial charge in [-0.15, -0.1) is 6.58 Å². The van der Waals surface area contributed by atoms with Crippen LogP contribution >= 0.6 is 0 Å². The monoisotopic (exact) mass is 138 g/mol. The Labute approximate surface area is 65.3 Å². The van der Waals surface area contributed by atoms with Crippen molar-refractivity contribution in [1.82, 2.24) is 0 Å².